The minimum absolute atomic E-state index is 0.0115. The number of hydrogen-bond donors (Lipinski definition) is 1. The molecule has 36 heavy (non-hydrogen) atoms. The molecule has 5 heteroatoms. The largest absolute Gasteiger partial charge is 0.483 e. The van der Waals surface area contributed by atoms with E-state index in [9.17, 15) is 9.59 Å². The number of nitrogens with one attached hydrogen (secondary N) is 1. The quantitative estimate of drug-likeness (QED) is 0.387. The maximum atomic E-state index is 13.7. The van der Waals surface area contributed by atoms with Crippen molar-refractivity contribution in [3.05, 3.63) is 101 Å². The molecule has 3 aromatic carbocycles. The van der Waals surface area contributed by atoms with Crippen molar-refractivity contribution in [1.29, 1.82) is 0 Å². The second kappa shape index (κ2) is 12.9. The zero-order valence-electron chi connectivity index (χ0n) is 22.1. The molecule has 1 N–H and O–H groups in total. The number of ether oxygens (including phenoxy) is 1. The first-order valence-corrected chi connectivity index (χ1v) is 12.7. The van der Waals surface area contributed by atoms with E-state index in [0.29, 0.717) is 18.7 Å². The van der Waals surface area contributed by atoms with Crippen LogP contribution in [0.25, 0.3) is 0 Å². The van der Waals surface area contributed by atoms with Gasteiger partial charge in [0.05, 0.1) is 0 Å². The Labute approximate surface area is 215 Å². The fraction of sp³-hybridized carbons (Fsp3) is 0.355. The zero-order valence-corrected chi connectivity index (χ0v) is 22.1. The van der Waals surface area contributed by atoms with Crippen molar-refractivity contribution in [1.82, 2.24) is 10.2 Å². The molecule has 190 valence electrons. The molecule has 0 aliphatic heterocycles. The molecule has 2 amide bonds. The van der Waals surface area contributed by atoms with Crippen molar-refractivity contribution in [2.45, 2.75) is 66.1 Å². The van der Waals surface area contributed by atoms with E-state index in [1.54, 1.807) is 4.90 Å². The molecule has 0 bridgehead atoms. The average Bonchev–Trinajstić information content (AvgIpc) is 2.88. The van der Waals surface area contributed by atoms with Crippen molar-refractivity contribution < 1.29 is 14.3 Å². The van der Waals surface area contributed by atoms with Crippen molar-refractivity contribution in [3.8, 4) is 5.75 Å². The summed E-state index contributed by atoms with van der Waals surface area (Å²) in [6, 6.07) is 23.0. The highest BCUT2D eigenvalue weighted by atomic mass is 16.5. The van der Waals surface area contributed by atoms with Crippen molar-refractivity contribution in [3.63, 3.8) is 0 Å². The maximum Gasteiger partial charge on any atom is 0.261 e. The van der Waals surface area contributed by atoms with E-state index in [4.69, 9.17) is 4.74 Å². The molecule has 0 fully saturated rings. The highest BCUT2D eigenvalue weighted by Crippen LogP contribution is 2.22. The lowest BCUT2D eigenvalue weighted by Crippen LogP contribution is -2.53. The van der Waals surface area contributed by atoms with Gasteiger partial charge in [-0.25, -0.2) is 0 Å². The van der Waals surface area contributed by atoms with E-state index in [1.807, 2.05) is 107 Å². The van der Waals surface area contributed by atoms with Crippen LogP contribution in [0.1, 0.15) is 48.1 Å². The van der Waals surface area contributed by atoms with Gasteiger partial charge in [-0.2, -0.15) is 0 Å². The summed E-state index contributed by atoms with van der Waals surface area (Å²) in [5.74, 6) is 0.309. The summed E-state index contributed by atoms with van der Waals surface area (Å²) in [6.07, 6.45) is 1.23. The van der Waals surface area contributed by atoms with Gasteiger partial charge in [-0.15, -0.1) is 0 Å². The Balaban J connectivity index is 1.94. The highest BCUT2D eigenvalue weighted by molar-refractivity contribution is 5.88. The number of aryl methyl sites for hydroxylation is 2. The first-order chi connectivity index (χ1) is 17.3. The molecule has 0 saturated heterocycles. The number of nitrogens with zero attached hydrogens (tertiary/aromatic N) is 1. The summed E-state index contributed by atoms with van der Waals surface area (Å²) in [6.45, 7) is 10.2. The monoisotopic (exact) mass is 486 g/mol. The second-order valence-electron chi connectivity index (χ2n) is 9.46. The van der Waals surface area contributed by atoms with Gasteiger partial charge in [0.2, 0.25) is 5.91 Å². The molecule has 3 rings (SSSR count). The molecule has 0 radical (unpaired) electrons. The first-order valence-electron chi connectivity index (χ1n) is 12.7. The number of rotatable bonds is 11. The molecule has 0 heterocycles. The van der Waals surface area contributed by atoms with Crippen LogP contribution in [0.5, 0.6) is 5.75 Å². The fourth-order valence-electron chi connectivity index (χ4n) is 4.07. The van der Waals surface area contributed by atoms with Crippen LogP contribution in [-0.4, -0.2) is 35.4 Å². The van der Waals surface area contributed by atoms with Gasteiger partial charge in [-0.3, -0.25) is 9.59 Å². The minimum Gasteiger partial charge on any atom is -0.483 e. The highest BCUT2D eigenvalue weighted by Gasteiger charge is 2.31. The van der Waals surface area contributed by atoms with E-state index < -0.39 is 6.04 Å². The predicted octanol–water partition coefficient (Wildman–Crippen LogP) is 5.55. The second-order valence-corrected chi connectivity index (χ2v) is 9.46. The standard InChI is InChI=1S/C31H38N2O3/c1-6-24(4)32-31(35)28(19-26-15-8-7-9-16-26)33(20-27-17-11-10-13-23(27)3)30(34)21-36-29-18-12-14-22(2)25(29)5/h7-18,24,28H,6,19-21H2,1-5H3,(H,32,35)/t24-,28+/m1/s1. The number of carbonyl (C=O) groups excluding carboxylic acids is 2. The van der Waals surface area contributed by atoms with Gasteiger partial charge in [0.25, 0.3) is 5.91 Å². The van der Waals surface area contributed by atoms with Crippen molar-refractivity contribution >= 4 is 11.8 Å². The lowest BCUT2D eigenvalue weighted by atomic mass is 10.0. The molecule has 0 saturated carbocycles. The van der Waals surface area contributed by atoms with E-state index in [0.717, 1.165) is 34.2 Å². The molecular weight excluding hydrogens is 448 g/mol. The summed E-state index contributed by atoms with van der Waals surface area (Å²) in [7, 11) is 0. The fourth-order valence-corrected chi connectivity index (χ4v) is 4.07. The van der Waals surface area contributed by atoms with Crippen LogP contribution < -0.4 is 10.1 Å². The van der Waals surface area contributed by atoms with E-state index in [1.165, 1.54) is 0 Å². The SMILES string of the molecule is CC[C@@H](C)NC(=O)[C@H](Cc1ccccc1)N(Cc1ccccc1C)C(=O)COc1cccc(C)c1C. The Morgan fingerprint density at radius 2 is 1.56 bits per heavy atom. The van der Waals surface area contributed by atoms with Gasteiger partial charge in [-0.05, 0) is 68.0 Å². The molecule has 5 nitrogen and oxygen atoms in total. The van der Waals surface area contributed by atoms with Crippen LogP contribution in [0, 0.1) is 20.8 Å². The molecule has 0 aromatic heterocycles. The topological polar surface area (TPSA) is 58.6 Å². The normalized spacial score (nSPS) is 12.5. The summed E-state index contributed by atoms with van der Waals surface area (Å²) >= 11 is 0. The lowest BCUT2D eigenvalue weighted by Gasteiger charge is -2.32. The van der Waals surface area contributed by atoms with Crippen LogP contribution in [0.2, 0.25) is 0 Å². The van der Waals surface area contributed by atoms with Crippen LogP contribution >= 0.6 is 0 Å². The summed E-state index contributed by atoms with van der Waals surface area (Å²) in [5.41, 5.74) is 5.19. The van der Waals surface area contributed by atoms with Gasteiger partial charge in [0.1, 0.15) is 11.8 Å². The van der Waals surface area contributed by atoms with Crippen LogP contribution in [0.4, 0.5) is 0 Å². The first kappa shape index (κ1) is 27.0. The Morgan fingerprint density at radius 1 is 0.889 bits per heavy atom. The van der Waals surface area contributed by atoms with Gasteiger partial charge < -0.3 is 15.0 Å². The molecular formula is C31H38N2O3. The third-order valence-corrected chi connectivity index (χ3v) is 6.78. The summed E-state index contributed by atoms with van der Waals surface area (Å²) in [4.78, 5) is 29.0. The lowest BCUT2D eigenvalue weighted by molar-refractivity contribution is -0.143. The Bertz CT molecular complexity index is 1160. The number of hydrogen-bond acceptors (Lipinski definition) is 3. The van der Waals surface area contributed by atoms with Gasteiger partial charge in [0, 0.05) is 19.0 Å². The maximum absolute atomic E-state index is 13.7. The van der Waals surface area contributed by atoms with Crippen molar-refractivity contribution in [2.75, 3.05) is 6.61 Å². The van der Waals surface area contributed by atoms with Crippen LogP contribution in [0.3, 0.4) is 0 Å². The molecule has 0 aliphatic rings. The molecule has 0 aliphatic carbocycles. The summed E-state index contributed by atoms with van der Waals surface area (Å²) in [5, 5.41) is 3.10. The Hall–Kier alpha value is -3.60. The number of carbonyl (C=O) groups is 2. The zero-order chi connectivity index (χ0) is 26.1. The van der Waals surface area contributed by atoms with E-state index >= 15 is 0 Å². The minimum atomic E-state index is -0.671. The molecule has 0 unspecified atom stereocenters. The third kappa shape index (κ3) is 7.20. The smallest absolute Gasteiger partial charge is 0.261 e. The van der Waals surface area contributed by atoms with Gasteiger partial charge in [0.15, 0.2) is 6.61 Å². The van der Waals surface area contributed by atoms with E-state index in [2.05, 4.69) is 5.32 Å². The third-order valence-electron chi connectivity index (χ3n) is 6.78. The van der Waals surface area contributed by atoms with Gasteiger partial charge >= 0.3 is 0 Å². The Morgan fingerprint density at radius 3 is 2.25 bits per heavy atom. The number of amides is 2. The molecule has 2 atom stereocenters. The molecule has 3 aromatic rings. The molecule has 0 spiro atoms. The van der Waals surface area contributed by atoms with Gasteiger partial charge in [-0.1, -0.05) is 73.7 Å². The van der Waals surface area contributed by atoms with Crippen LogP contribution in [-0.2, 0) is 22.6 Å². The predicted molar refractivity (Wildman–Crippen MR) is 145 cm³/mol. The van der Waals surface area contributed by atoms with E-state index in [-0.39, 0.29) is 24.5 Å². The average molecular weight is 487 g/mol. The van der Waals surface area contributed by atoms with Crippen molar-refractivity contribution in [2.24, 2.45) is 0 Å². The summed E-state index contributed by atoms with van der Waals surface area (Å²) < 4.78 is 5.99. The number of benzene rings is 3. The Kier molecular flexibility index (Phi) is 9.69. The van der Waals surface area contributed by atoms with Crippen LogP contribution in [0.15, 0.2) is 72.8 Å².